The lowest BCUT2D eigenvalue weighted by Gasteiger charge is -2.13. The van der Waals surface area contributed by atoms with Gasteiger partial charge in [0.15, 0.2) is 11.5 Å². The molecule has 0 bridgehead atoms. The van der Waals surface area contributed by atoms with Crippen LogP contribution in [0.3, 0.4) is 0 Å². The molecule has 6 nitrogen and oxygen atoms in total. The Kier molecular flexibility index (Phi) is 4.53. The molecule has 0 spiro atoms. The van der Waals surface area contributed by atoms with Crippen molar-refractivity contribution in [3.63, 3.8) is 0 Å². The van der Waals surface area contributed by atoms with Gasteiger partial charge in [-0.15, -0.1) is 0 Å². The minimum absolute atomic E-state index is 0.126. The van der Waals surface area contributed by atoms with Gasteiger partial charge in [-0.2, -0.15) is 0 Å². The third kappa shape index (κ3) is 3.38. The summed E-state index contributed by atoms with van der Waals surface area (Å²) in [4.78, 5) is 22.0. The molecule has 0 N–H and O–H groups in total. The van der Waals surface area contributed by atoms with Crippen LogP contribution in [0.25, 0.3) is 0 Å². The van der Waals surface area contributed by atoms with Gasteiger partial charge in [-0.3, -0.25) is 9.59 Å². The molecule has 0 aromatic heterocycles. The van der Waals surface area contributed by atoms with E-state index in [0.717, 1.165) is 0 Å². The van der Waals surface area contributed by atoms with Crippen molar-refractivity contribution in [1.29, 1.82) is 0 Å². The number of esters is 2. The second-order valence-corrected chi connectivity index (χ2v) is 3.34. The molecule has 0 saturated heterocycles. The van der Waals surface area contributed by atoms with Crippen LogP contribution in [0.5, 0.6) is 23.0 Å². The first-order valence-corrected chi connectivity index (χ1v) is 5.10. The zero-order valence-electron chi connectivity index (χ0n) is 10.6. The molecule has 1 rings (SSSR count). The molecule has 0 unspecified atom stereocenters. The van der Waals surface area contributed by atoms with Crippen LogP contribution in [-0.2, 0) is 9.59 Å². The highest BCUT2D eigenvalue weighted by Gasteiger charge is 2.17. The minimum Gasteiger partial charge on any atom is -0.496 e. The van der Waals surface area contributed by atoms with Crippen LogP contribution in [0.2, 0.25) is 0 Å². The zero-order chi connectivity index (χ0) is 13.7. The summed E-state index contributed by atoms with van der Waals surface area (Å²) in [6.45, 7) is 2.51. The summed E-state index contributed by atoms with van der Waals surface area (Å²) in [5, 5.41) is 0. The van der Waals surface area contributed by atoms with Gasteiger partial charge in [0.1, 0.15) is 5.75 Å². The maximum Gasteiger partial charge on any atom is 0.308 e. The number of carbonyl (C=O) groups is 2. The topological polar surface area (TPSA) is 71.1 Å². The Morgan fingerprint density at radius 2 is 1.33 bits per heavy atom. The minimum atomic E-state index is -0.518. The first-order chi connectivity index (χ1) is 8.47. The SMILES string of the molecule is COc1cc(OC(C)=O)c(OC)c(OC(C)=O)c1. The highest BCUT2D eigenvalue weighted by Crippen LogP contribution is 2.41. The quantitative estimate of drug-likeness (QED) is 0.599. The van der Waals surface area contributed by atoms with Crippen LogP contribution >= 0.6 is 0 Å². The van der Waals surface area contributed by atoms with Crippen molar-refractivity contribution in [3.8, 4) is 23.0 Å². The van der Waals surface area contributed by atoms with Crippen molar-refractivity contribution in [1.82, 2.24) is 0 Å². The van der Waals surface area contributed by atoms with E-state index in [2.05, 4.69) is 0 Å². The fourth-order valence-corrected chi connectivity index (χ4v) is 1.33. The first kappa shape index (κ1) is 13.8. The lowest BCUT2D eigenvalue weighted by Crippen LogP contribution is -2.07. The van der Waals surface area contributed by atoms with E-state index in [1.165, 1.54) is 40.2 Å². The van der Waals surface area contributed by atoms with E-state index < -0.39 is 11.9 Å². The number of hydrogen-bond donors (Lipinski definition) is 0. The molecule has 0 aliphatic rings. The first-order valence-electron chi connectivity index (χ1n) is 5.10. The second kappa shape index (κ2) is 5.90. The maximum atomic E-state index is 11.0. The highest BCUT2D eigenvalue weighted by molar-refractivity contribution is 5.74. The van der Waals surface area contributed by atoms with Crippen LogP contribution in [-0.4, -0.2) is 26.2 Å². The van der Waals surface area contributed by atoms with Crippen LogP contribution in [0, 0.1) is 0 Å². The molecule has 0 radical (unpaired) electrons. The number of hydrogen-bond acceptors (Lipinski definition) is 6. The lowest BCUT2D eigenvalue weighted by atomic mass is 10.2. The lowest BCUT2D eigenvalue weighted by molar-refractivity contribution is -0.132. The number of rotatable bonds is 4. The van der Waals surface area contributed by atoms with E-state index in [4.69, 9.17) is 18.9 Å². The predicted octanol–water partition coefficient (Wildman–Crippen LogP) is 1.55. The average molecular weight is 254 g/mol. The molecule has 98 valence electrons. The molecular formula is C12H14O6. The molecule has 0 aliphatic carbocycles. The van der Waals surface area contributed by atoms with E-state index in [-0.39, 0.29) is 17.2 Å². The smallest absolute Gasteiger partial charge is 0.308 e. The van der Waals surface area contributed by atoms with Gasteiger partial charge in [0.2, 0.25) is 5.75 Å². The Bertz CT molecular complexity index is 429. The molecule has 0 atom stereocenters. The monoisotopic (exact) mass is 254 g/mol. The maximum absolute atomic E-state index is 11.0. The van der Waals surface area contributed by atoms with E-state index in [1.807, 2.05) is 0 Å². The number of benzene rings is 1. The van der Waals surface area contributed by atoms with E-state index in [0.29, 0.717) is 5.75 Å². The second-order valence-electron chi connectivity index (χ2n) is 3.34. The summed E-state index contributed by atoms with van der Waals surface area (Å²) >= 11 is 0. The van der Waals surface area contributed by atoms with Crippen LogP contribution in [0.4, 0.5) is 0 Å². The Labute approximate surface area is 104 Å². The van der Waals surface area contributed by atoms with E-state index >= 15 is 0 Å². The van der Waals surface area contributed by atoms with Crippen LogP contribution < -0.4 is 18.9 Å². The Morgan fingerprint density at radius 1 is 0.889 bits per heavy atom. The molecule has 0 fully saturated rings. The van der Waals surface area contributed by atoms with Gasteiger partial charge in [0.25, 0.3) is 0 Å². The van der Waals surface area contributed by atoms with E-state index in [9.17, 15) is 9.59 Å². The van der Waals surface area contributed by atoms with Gasteiger partial charge in [-0.05, 0) is 0 Å². The summed E-state index contributed by atoms with van der Waals surface area (Å²) < 4.78 is 20.0. The molecule has 18 heavy (non-hydrogen) atoms. The molecule has 0 heterocycles. The van der Waals surface area contributed by atoms with Crippen molar-refractivity contribution in [2.45, 2.75) is 13.8 Å². The number of carbonyl (C=O) groups excluding carboxylic acids is 2. The summed E-state index contributed by atoms with van der Waals surface area (Å²) in [6, 6.07) is 2.93. The fourth-order valence-electron chi connectivity index (χ4n) is 1.33. The molecule has 0 aliphatic heterocycles. The molecule has 1 aromatic rings. The molecule has 6 heteroatoms. The van der Waals surface area contributed by atoms with Crippen molar-refractivity contribution in [2.75, 3.05) is 14.2 Å². The van der Waals surface area contributed by atoms with Gasteiger partial charge in [0, 0.05) is 26.0 Å². The van der Waals surface area contributed by atoms with Crippen molar-refractivity contribution in [2.24, 2.45) is 0 Å². The van der Waals surface area contributed by atoms with Gasteiger partial charge < -0.3 is 18.9 Å². The Morgan fingerprint density at radius 3 is 1.61 bits per heavy atom. The van der Waals surface area contributed by atoms with Crippen LogP contribution in [0.15, 0.2) is 12.1 Å². The van der Waals surface area contributed by atoms with Crippen molar-refractivity contribution >= 4 is 11.9 Å². The van der Waals surface area contributed by atoms with Gasteiger partial charge in [-0.25, -0.2) is 0 Å². The predicted molar refractivity (Wildman–Crippen MR) is 62.2 cm³/mol. The van der Waals surface area contributed by atoms with E-state index in [1.54, 1.807) is 0 Å². The Hall–Kier alpha value is -2.24. The number of methoxy groups -OCH3 is 2. The summed E-state index contributed by atoms with van der Waals surface area (Å²) in [5.74, 6) is -0.253. The normalized spacial score (nSPS) is 9.56. The third-order valence-corrected chi connectivity index (χ3v) is 1.94. The van der Waals surface area contributed by atoms with Gasteiger partial charge in [-0.1, -0.05) is 0 Å². The number of ether oxygens (including phenoxy) is 4. The zero-order valence-corrected chi connectivity index (χ0v) is 10.6. The van der Waals surface area contributed by atoms with Gasteiger partial charge in [0.05, 0.1) is 14.2 Å². The van der Waals surface area contributed by atoms with Crippen molar-refractivity contribution in [3.05, 3.63) is 12.1 Å². The molecular weight excluding hydrogens is 240 g/mol. The largest absolute Gasteiger partial charge is 0.496 e. The average Bonchev–Trinajstić information content (AvgIpc) is 2.27. The van der Waals surface area contributed by atoms with Crippen LogP contribution in [0.1, 0.15) is 13.8 Å². The molecule has 0 saturated carbocycles. The molecule has 0 amide bonds. The fraction of sp³-hybridized carbons (Fsp3) is 0.333. The van der Waals surface area contributed by atoms with Gasteiger partial charge >= 0.3 is 11.9 Å². The summed E-state index contributed by atoms with van der Waals surface area (Å²) in [6.07, 6.45) is 0. The molecule has 1 aromatic carbocycles. The Balaban J connectivity index is 3.29. The summed E-state index contributed by atoms with van der Waals surface area (Å²) in [5.41, 5.74) is 0. The standard InChI is InChI=1S/C12H14O6/c1-7(13)17-10-5-9(15-3)6-11(12(10)16-4)18-8(2)14/h5-6H,1-4H3. The van der Waals surface area contributed by atoms with Crippen molar-refractivity contribution < 1.29 is 28.5 Å². The highest BCUT2D eigenvalue weighted by atomic mass is 16.6. The summed E-state index contributed by atoms with van der Waals surface area (Å²) in [7, 11) is 2.82. The third-order valence-electron chi connectivity index (χ3n) is 1.94.